The normalized spacial score (nSPS) is 10.8. The highest BCUT2D eigenvalue weighted by molar-refractivity contribution is 6.01. The Labute approximate surface area is 139 Å². The summed E-state index contributed by atoms with van der Waals surface area (Å²) in [6.07, 6.45) is 1.33. The van der Waals surface area contributed by atoms with Crippen LogP contribution in [0.15, 0.2) is 48.0 Å². The summed E-state index contributed by atoms with van der Waals surface area (Å²) in [6.45, 7) is 0.211. The summed E-state index contributed by atoms with van der Waals surface area (Å²) in [7, 11) is 1.54. The molecule has 0 bridgehead atoms. The number of rotatable bonds is 5. The second-order valence-corrected chi connectivity index (χ2v) is 4.91. The number of carbonyl (C=O) groups excluding carboxylic acids is 1. The maximum Gasteiger partial charge on any atom is 0.262 e. The third kappa shape index (κ3) is 4.05. The van der Waals surface area contributed by atoms with E-state index in [-0.39, 0.29) is 23.6 Å². The molecule has 0 radical (unpaired) electrons. The van der Waals surface area contributed by atoms with Crippen LogP contribution in [-0.4, -0.2) is 23.2 Å². The predicted molar refractivity (Wildman–Crippen MR) is 88.2 cm³/mol. The van der Waals surface area contributed by atoms with Gasteiger partial charge in [-0.25, -0.2) is 0 Å². The summed E-state index contributed by atoms with van der Waals surface area (Å²) in [6, 6.07) is 13.1. The molecule has 0 unspecified atom stereocenters. The fourth-order valence-electron chi connectivity index (χ4n) is 2.07. The number of phenols is 2. The second kappa shape index (κ2) is 7.70. The summed E-state index contributed by atoms with van der Waals surface area (Å²) < 4.78 is 5.20. The number of nitrogens with one attached hydrogen (secondary N) is 1. The zero-order chi connectivity index (χ0) is 17.5. The van der Waals surface area contributed by atoms with Crippen LogP contribution in [0.1, 0.15) is 11.1 Å². The Bertz CT molecular complexity index is 822. The first-order valence-electron chi connectivity index (χ1n) is 7.09. The number of phenolic OH excluding ortho intramolecular Hbond substituents is 2. The Kier molecular flexibility index (Phi) is 5.42. The van der Waals surface area contributed by atoms with E-state index in [4.69, 9.17) is 10.00 Å². The van der Waals surface area contributed by atoms with Gasteiger partial charge in [0.05, 0.1) is 7.11 Å². The van der Waals surface area contributed by atoms with Crippen LogP contribution in [0.25, 0.3) is 6.08 Å². The van der Waals surface area contributed by atoms with Crippen molar-refractivity contribution < 1.29 is 19.7 Å². The molecule has 6 heteroatoms. The fraction of sp³-hybridized carbons (Fsp3) is 0.111. The molecular formula is C18H16N2O4. The standard InChI is InChI=1S/C18H16N2O4/c1-24-17-5-3-2-4-13(17)11-20-18(23)14(10-19)8-12-6-7-15(21)16(22)9-12/h2-9,21-22H,11H2,1H3,(H,20,23)/b14-8+. The number of para-hydroxylation sites is 1. The Morgan fingerprint density at radius 2 is 2.00 bits per heavy atom. The Hall–Kier alpha value is -3.46. The lowest BCUT2D eigenvalue weighted by atomic mass is 10.1. The molecule has 24 heavy (non-hydrogen) atoms. The smallest absolute Gasteiger partial charge is 0.262 e. The van der Waals surface area contributed by atoms with Crippen molar-refractivity contribution in [2.75, 3.05) is 7.11 Å². The molecule has 0 saturated heterocycles. The lowest BCUT2D eigenvalue weighted by Crippen LogP contribution is -2.24. The third-order valence-corrected chi connectivity index (χ3v) is 3.31. The van der Waals surface area contributed by atoms with Crippen molar-refractivity contribution >= 4 is 12.0 Å². The monoisotopic (exact) mass is 324 g/mol. The van der Waals surface area contributed by atoms with Crippen molar-refractivity contribution in [3.8, 4) is 23.3 Å². The van der Waals surface area contributed by atoms with Crippen LogP contribution in [0.3, 0.4) is 0 Å². The molecule has 0 aliphatic heterocycles. The zero-order valence-corrected chi connectivity index (χ0v) is 13.0. The molecule has 6 nitrogen and oxygen atoms in total. The lowest BCUT2D eigenvalue weighted by molar-refractivity contribution is -0.117. The molecule has 0 aromatic heterocycles. The van der Waals surface area contributed by atoms with Gasteiger partial charge in [0.1, 0.15) is 17.4 Å². The van der Waals surface area contributed by atoms with E-state index in [1.807, 2.05) is 24.3 Å². The molecule has 0 fully saturated rings. The Morgan fingerprint density at radius 3 is 2.67 bits per heavy atom. The minimum absolute atomic E-state index is 0.116. The summed E-state index contributed by atoms with van der Waals surface area (Å²) in [5, 5.41) is 30.5. The van der Waals surface area contributed by atoms with Crippen LogP contribution < -0.4 is 10.1 Å². The Morgan fingerprint density at radius 1 is 1.25 bits per heavy atom. The number of hydrogen-bond donors (Lipinski definition) is 3. The highest BCUT2D eigenvalue weighted by Gasteiger charge is 2.11. The van der Waals surface area contributed by atoms with Crippen LogP contribution >= 0.6 is 0 Å². The Balaban J connectivity index is 2.13. The van der Waals surface area contributed by atoms with Gasteiger partial charge in [0.15, 0.2) is 11.5 Å². The lowest BCUT2D eigenvalue weighted by Gasteiger charge is -2.09. The number of methoxy groups -OCH3 is 1. The molecule has 3 N–H and O–H groups in total. The number of amides is 1. The third-order valence-electron chi connectivity index (χ3n) is 3.31. The maximum absolute atomic E-state index is 12.1. The molecule has 0 heterocycles. The van der Waals surface area contributed by atoms with Crippen molar-refractivity contribution in [2.45, 2.75) is 6.54 Å². The minimum atomic E-state index is -0.545. The van der Waals surface area contributed by atoms with Crippen molar-refractivity contribution in [3.63, 3.8) is 0 Å². The zero-order valence-electron chi connectivity index (χ0n) is 13.0. The number of carbonyl (C=O) groups is 1. The van der Waals surface area contributed by atoms with E-state index in [1.165, 1.54) is 24.3 Å². The number of hydrogen-bond acceptors (Lipinski definition) is 5. The maximum atomic E-state index is 12.1. The molecule has 0 aliphatic carbocycles. The summed E-state index contributed by atoms with van der Waals surface area (Å²) in [4.78, 5) is 12.1. The summed E-state index contributed by atoms with van der Waals surface area (Å²) in [5.41, 5.74) is 1.09. The molecule has 2 aromatic rings. The highest BCUT2D eigenvalue weighted by Crippen LogP contribution is 2.26. The molecule has 0 saturated carbocycles. The molecule has 0 aliphatic rings. The molecule has 0 atom stereocenters. The second-order valence-electron chi connectivity index (χ2n) is 4.91. The first-order valence-corrected chi connectivity index (χ1v) is 7.09. The van der Waals surface area contributed by atoms with E-state index < -0.39 is 5.91 Å². The molecule has 1 amide bonds. The van der Waals surface area contributed by atoms with Crippen molar-refractivity contribution in [1.29, 1.82) is 5.26 Å². The number of aromatic hydroxyl groups is 2. The topological polar surface area (TPSA) is 103 Å². The first kappa shape index (κ1) is 16.9. The van der Waals surface area contributed by atoms with E-state index in [0.717, 1.165) is 5.56 Å². The van der Waals surface area contributed by atoms with Crippen LogP contribution in [0, 0.1) is 11.3 Å². The number of benzene rings is 2. The van der Waals surface area contributed by atoms with E-state index >= 15 is 0 Å². The van der Waals surface area contributed by atoms with E-state index in [1.54, 1.807) is 13.2 Å². The highest BCUT2D eigenvalue weighted by atomic mass is 16.5. The minimum Gasteiger partial charge on any atom is -0.504 e. The average Bonchev–Trinajstić information content (AvgIpc) is 2.60. The average molecular weight is 324 g/mol. The van der Waals surface area contributed by atoms with Gasteiger partial charge in [-0.2, -0.15) is 5.26 Å². The van der Waals surface area contributed by atoms with E-state index in [2.05, 4.69) is 5.32 Å². The molecule has 2 aromatic carbocycles. The molecule has 122 valence electrons. The van der Waals surface area contributed by atoms with Gasteiger partial charge >= 0.3 is 0 Å². The number of nitriles is 1. The summed E-state index contributed by atoms with van der Waals surface area (Å²) in [5.74, 6) is -0.499. The van der Waals surface area contributed by atoms with Crippen LogP contribution in [0.5, 0.6) is 17.2 Å². The van der Waals surface area contributed by atoms with Gasteiger partial charge in [-0.3, -0.25) is 4.79 Å². The number of nitrogens with zero attached hydrogens (tertiary/aromatic N) is 1. The quantitative estimate of drug-likeness (QED) is 0.445. The van der Waals surface area contributed by atoms with Gasteiger partial charge < -0.3 is 20.3 Å². The fourth-order valence-corrected chi connectivity index (χ4v) is 2.07. The van der Waals surface area contributed by atoms with E-state index in [9.17, 15) is 15.0 Å². The van der Waals surface area contributed by atoms with Gasteiger partial charge in [0.25, 0.3) is 5.91 Å². The summed E-state index contributed by atoms with van der Waals surface area (Å²) >= 11 is 0. The molecule has 0 spiro atoms. The van der Waals surface area contributed by atoms with Crippen LogP contribution in [0.4, 0.5) is 0 Å². The van der Waals surface area contributed by atoms with E-state index in [0.29, 0.717) is 11.3 Å². The largest absolute Gasteiger partial charge is 0.504 e. The van der Waals surface area contributed by atoms with Crippen LogP contribution in [0.2, 0.25) is 0 Å². The van der Waals surface area contributed by atoms with Gasteiger partial charge in [0.2, 0.25) is 0 Å². The predicted octanol–water partition coefficient (Wildman–Crippen LogP) is 2.33. The molecule has 2 rings (SSSR count). The van der Waals surface area contributed by atoms with Gasteiger partial charge in [0, 0.05) is 12.1 Å². The number of ether oxygens (including phenoxy) is 1. The van der Waals surface area contributed by atoms with Gasteiger partial charge in [-0.1, -0.05) is 24.3 Å². The van der Waals surface area contributed by atoms with Gasteiger partial charge in [-0.05, 0) is 29.8 Å². The van der Waals surface area contributed by atoms with Crippen LogP contribution in [-0.2, 0) is 11.3 Å². The van der Waals surface area contributed by atoms with Gasteiger partial charge in [-0.15, -0.1) is 0 Å². The van der Waals surface area contributed by atoms with Crippen molar-refractivity contribution in [3.05, 3.63) is 59.2 Å². The van der Waals surface area contributed by atoms with Crippen molar-refractivity contribution in [1.82, 2.24) is 5.32 Å². The molecular weight excluding hydrogens is 308 g/mol. The SMILES string of the molecule is COc1ccccc1CNC(=O)/C(C#N)=C/c1ccc(O)c(O)c1. The van der Waals surface area contributed by atoms with Crippen molar-refractivity contribution in [2.24, 2.45) is 0 Å². The first-order chi connectivity index (χ1) is 11.5.